The number of allylic oxidation sites excluding steroid dienone is 1. The zero-order valence-corrected chi connectivity index (χ0v) is 16.3. The van der Waals surface area contributed by atoms with Gasteiger partial charge < -0.3 is 14.8 Å². The average molecular weight is 419 g/mol. The van der Waals surface area contributed by atoms with E-state index < -0.39 is 46.9 Å². The lowest BCUT2D eigenvalue weighted by atomic mass is 9.85. The van der Waals surface area contributed by atoms with E-state index in [-0.39, 0.29) is 5.92 Å². The Kier molecular flexibility index (Phi) is 6.44. The maximum absolute atomic E-state index is 13.9. The molecule has 1 aliphatic rings. The third-order valence-electron chi connectivity index (χ3n) is 5.07. The first-order valence-electron chi connectivity index (χ1n) is 9.20. The van der Waals surface area contributed by atoms with Crippen molar-refractivity contribution in [2.45, 2.75) is 18.4 Å². The third-order valence-corrected chi connectivity index (χ3v) is 5.07. The summed E-state index contributed by atoms with van der Waals surface area (Å²) in [4.78, 5) is 24.7. The van der Waals surface area contributed by atoms with Crippen molar-refractivity contribution < 1.29 is 32.2 Å². The van der Waals surface area contributed by atoms with Gasteiger partial charge in [0, 0.05) is 6.04 Å². The van der Waals surface area contributed by atoms with Crippen LogP contribution in [0, 0.1) is 23.4 Å². The van der Waals surface area contributed by atoms with Crippen molar-refractivity contribution in [3.8, 4) is 5.75 Å². The predicted octanol–water partition coefficient (Wildman–Crippen LogP) is 3.74. The molecule has 8 heteroatoms. The second kappa shape index (κ2) is 9.02. The molecule has 30 heavy (non-hydrogen) atoms. The highest BCUT2D eigenvalue weighted by Gasteiger charge is 2.34. The number of hydrogen-bond donors (Lipinski definition) is 1. The smallest absolute Gasteiger partial charge is 0.313 e. The number of amides is 1. The number of hydrogen-bond acceptors (Lipinski definition) is 4. The molecule has 1 aliphatic carbocycles. The molecular weight excluding hydrogens is 399 g/mol. The molecule has 2 aromatic rings. The maximum Gasteiger partial charge on any atom is 0.313 e. The molecule has 1 amide bonds. The molecule has 0 heterocycles. The number of benzene rings is 2. The number of methoxy groups -OCH3 is 2. The fraction of sp³-hybridized carbons (Fsp3) is 0.273. The summed E-state index contributed by atoms with van der Waals surface area (Å²) in [6.45, 7) is 0. The van der Waals surface area contributed by atoms with Crippen molar-refractivity contribution in [2.75, 3.05) is 14.2 Å². The van der Waals surface area contributed by atoms with E-state index in [4.69, 9.17) is 9.47 Å². The van der Waals surface area contributed by atoms with Gasteiger partial charge in [-0.05, 0) is 42.2 Å². The number of nitrogens with one attached hydrogen (secondary N) is 1. The van der Waals surface area contributed by atoms with Gasteiger partial charge in [0.05, 0.1) is 25.7 Å². The van der Waals surface area contributed by atoms with Gasteiger partial charge in [0.15, 0.2) is 17.5 Å². The topological polar surface area (TPSA) is 64.6 Å². The number of carbonyl (C=O) groups is 2. The number of rotatable bonds is 6. The van der Waals surface area contributed by atoms with Crippen LogP contribution in [0.1, 0.15) is 28.3 Å². The second-order valence-electron chi connectivity index (χ2n) is 6.86. The monoisotopic (exact) mass is 419 g/mol. The van der Waals surface area contributed by atoms with Crippen molar-refractivity contribution in [3.05, 3.63) is 77.1 Å². The number of esters is 1. The first-order chi connectivity index (χ1) is 14.3. The third kappa shape index (κ3) is 4.32. The summed E-state index contributed by atoms with van der Waals surface area (Å²) in [5, 5.41) is 2.57. The predicted molar refractivity (Wildman–Crippen MR) is 103 cm³/mol. The van der Waals surface area contributed by atoms with E-state index >= 15 is 0 Å². The minimum Gasteiger partial charge on any atom is -0.497 e. The molecule has 0 unspecified atom stereocenters. The molecule has 3 rings (SSSR count). The van der Waals surface area contributed by atoms with Crippen LogP contribution in [0.5, 0.6) is 5.75 Å². The minimum atomic E-state index is -1.70. The van der Waals surface area contributed by atoms with Gasteiger partial charge in [-0.15, -0.1) is 0 Å². The van der Waals surface area contributed by atoms with E-state index in [1.165, 1.54) is 14.2 Å². The van der Waals surface area contributed by atoms with Crippen molar-refractivity contribution in [3.63, 3.8) is 0 Å². The first kappa shape index (κ1) is 21.4. The highest BCUT2D eigenvalue weighted by atomic mass is 19.2. The van der Waals surface area contributed by atoms with Crippen LogP contribution in [0.25, 0.3) is 0 Å². The molecule has 0 bridgehead atoms. The van der Waals surface area contributed by atoms with Crippen molar-refractivity contribution in [1.82, 2.24) is 5.32 Å². The lowest BCUT2D eigenvalue weighted by Crippen LogP contribution is -2.34. The Balaban J connectivity index is 1.73. The van der Waals surface area contributed by atoms with E-state index in [1.807, 2.05) is 0 Å². The molecule has 0 radical (unpaired) electrons. The summed E-state index contributed by atoms with van der Waals surface area (Å²) in [6.07, 6.45) is 3.81. The fourth-order valence-corrected chi connectivity index (χ4v) is 3.53. The van der Waals surface area contributed by atoms with Crippen LogP contribution in [0.3, 0.4) is 0 Å². The summed E-state index contributed by atoms with van der Waals surface area (Å²) in [5.74, 6) is -6.18. The van der Waals surface area contributed by atoms with Gasteiger partial charge in [-0.25, -0.2) is 13.2 Å². The van der Waals surface area contributed by atoms with Crippen molar-refractivity contribution in [1.29, 1.82) is 0 Å². The Morgan fingerprint density at radius 2 is 1.70 bits per heavy atom. The van der Waals surface area contributed by atoms with Crippen LogP contribution < -0.4 is 10.1 Å². The van der Waals surface area contributed by atoms with E-state index in [0.717, 1.165) is 11.6 Å². The number of ether oxygens (including phenoxy) is 2. The zero-order chi connectivity index (χ0) is 21.8. The Labute approximate surface area is 171 Å². The van der Waals surface area contributed by atoms with E-state index in [0.29, 0.717) is 18.2 Å². The molecule has 2 aromatic carbocycles. The number of carbonyl (C=O) groups excluding carboxylic acids is 2. The molecule has 0 aromatic heterocycles. The highest BCUT2D eigenvalue weighted by Crippen LogP contribution is 2.35. The minimum absolute atomic E-state index is 0.286. The van der Waals surface area contributed by atoms with Gasteiger partial charge in [-0.3, -0.25) is 9.59 Å². The molecule has 0 saturated carbocycles. The van der Waals surface area contributed by atoms with Gasteiger partial charge in [0.25, 0.3) is 5.91 Å². The van der Waals surface area contributed by atoms with E-state index in [9.17, 15) is 22.8 Å². The van der Waals surface area contributed by atoms with Crippen LogP contribution in [-0.4, -0.2) is 32.1 Å². The van der Waals surface area contributed by atoms with Gasteiger partial charge in [0.2, 0.25) is 0 Å². The summed E-state index contributed by atoms with van der Waals surface area (Å²) >= 11 is 0. The Morgan fingerprint density at radius 1 is 1.00 bits per heavy atom. The normalized spacial score (nSPS) is 18.7. The molecule has 0 spiro atoms. The van der Waals surface area contributed by atoms with Gasteiger partial charge in [0.1, 0.15) is 5.75 Å². The lowest BCUT2D eigenvalue weighted by Gasteiger charge is -2.22. The Bertz CT molecular complexity index is 975. The molecule has 0 aliphatic heterocycles. The molecule has 5 nitrogen and oxygen atoms in total. The Morgan fingerprint density at radius 3 is 2.33 bits per heavy atom. The number of halogens is 3. The van der Waals surface area contributed by atoms with Gasteiger partial charge >= 0.3 is 5.97 Å². The molecule has 158 valence electrons. The molecule has 3 atom stereocenters. The van der Waals surface area contributed by atoms with Crippen LogP contribution >= 0.6 is 0 Å². The van der Waals surface area contributed by atoms with E-state index in [2.05, 4.69) is 5.32 Å². The fourth-order valence-electron chi connectivity index (χ4n) is 3.53. The lowest BCUT2D eigenvalue weighted by molar-refractivity contribution is -0.143. The molecule has 1 N–H and O–H groups in total. The molecule has 0 saturated heterocycles. The van der Waals surface area contributed by atoms with Gasteiger partial charge in [-0.2, -0.15) is 0 Å². The molecular formula is C22H20F3NO4. The quantitative estimate of drug-likeness (QED) is 0.440. The van der Waals surface area contributed by atoms with Crippen molar-refractivity contribution in [2.24, 2.45) is 5.92 Å². The SMILES string of the molecule is COC(=O)[C@H](c1ccc(OC)cc1)[C@H]1C=C[C@H](NC(=O)c2ccc(F)c(F)c2F)C1. The molecule has 0 fully saturated rings. The van der Waals surface area contributed by atoms with Gasteiger partial charge in [-0.1, -0.05) is 24.3 Å². The van der Waals surface area contributed by atoms with E-state index in [1.54, 1.807) is 36.4 Å². The maximum atomic E-state index is 13.9. The summed E-state index contributed by atoms with van der Waals surface area (Å²) < 4.78 is 50.4. The zero-order valence-electron chi connectivity index (χ0n) is 16.3. The van der Waals surface area contributed by atoms with Crippen molar-refractivity contribution >= 4 is 11.9 Å². The first-order valence-corrected chi connectivity index (χ1v) is 9.20. The highest BCUT2D eigenvalue weighted by molar-refractivity contribution is 5.94. The average Bonchev–Trinajstić information content (AvgIpc) is 3.20. The Hall–Kier alpha value is -3.29. The van der Waals surface area contributed by atoms with Crippen LogP contribution in [0.2, 0.25) is 0 Å². The standard InChI is InChI=1S/C22H20F3NO4/c1-29-15-7-4-12(5-8-15)18(22(28)30-2)13-3-6-14(11-13)26-21(27)16-9-10-17(23)20(25)19(16)24/h3-10,13-14,18H,11H2,1-2H3,(H,26,27)/t13-,14-,18+/m0/s1. The van der Waals surface area contributed by atoms with Crippen LogP contribution in [0.15, 0.2) is 48.6 Å². The van der Waals surface area contributed by atoms with Crippen LogP contribution in [-0.2, 0) is 9.53 Å². The largest absolute Gasteiger partial charge is 0.497 e. The van der Waals surface area contributed by atoms with Crippen LogP contribution in [0.4, 0.5) is 13.2 Å². The second-order valence-corrected chi connectivity index (χ2v) is 6.86. The summed E-state index contributed by atoms with van der Waals surface area (Å²) in [5.41, 5.74) is 0.126. The summed E-state index contributed by atoms with van der Waals surface area (Å²) in [6, 6.07) is 8.05. The summed E-state index contributed by atoms with van der Waals surface area (Å²) in [7, 11) is 2.83.